The first-order chi connectivity index (χ1) is 8.50. The molecule has 1 unspecified atom stereocenters. The summed E-state index contributed by atoms with van der Waals surface area (Å²) in [6, 6.07) is 4.55. The zero-order chi connectivity index (χ0) is 13.3. The van der Waals surface area contributed by atoms with E-state index in [-0.39, 0.29) is 16.3 Å². The lowest BCUT2D eigenvalue weighted by Crippen LogP contribution is -2.06. The molecular weight excluding hydrogens is 267 g/mol. The Kier molecular flexibility index (Phi) is 3.54. The lowest BCUT2D eigenvalue weighted by Gasteiger charge is -2.12. The Morgan fingerprint density at radius 1 is 1.06 bits per heavy atom. The second-order valence-corrected chi connectivity index (χ2v) is 3.97. The summed E-state index contributed by atoms with van der Waals surface area (Å²) in [6.45, 7) is 0. The number of aliphatic hydroxyl groups excluding tert-OH is 1. The second kappa shape index (κ2) is 4.96. The number of hydrogen-bond donors (Lipinski definition) is 1. The van der Waals surface area contributed by atoms with Crippen LogP contribution in [0.2, 0.25) is 5.15 Å². The Morgan fingerprint density at radius 2 is 1.78 bits per heavy atom. The van der Waals surface area contributed by atoms with Gasteiger partial charge in [-0.3, -0.25) is 0 Å². The molecule has 0 aliphatic rings. The number of hydrogen-bond acceptors (Lipinski definition) is 2. The molecule has 0 aliphatic carbocycles. The lowest BCUT2D eigenvalue weighted by atomic mass is 10.0. The summed E-state index contributed by atoms with van der Waals surface area (Å²) in [6.07, 6.45) is -0.210. The minimum absolute atomic E-state index is 0.205. The molecule has 0 saturated heterocycles. The molecule has 0 saturated carbocycles. The summed E-state index contributed by atoms with van der Waals surface area (Å²) in [5, 5.41) is 10.1. The van der Waals surface area contributed by atoms with Crippen LogP contribution in [-0.4, -0.2) is 10.1 Å². The zero-order valence-electron chi connectivity index (χ0n) is 8.87. The third-order valence-electron chi connectivity index (χ3n) is 2.43. The molecule has 18 heavy (non-hydrogen) atoms. The van der Waals surface area contributed by atoms with E-state index in [0.29, 0.717) is 0 Å². The van der Waals surface area contributed by atoms with Gasteiger partial charge in [0.25, 0.3) is 0 Å². The number of aromatic nitrogens is 1. The predicted octanol–water partition coefficient (Wildman–Crippen LogP) is 3.23. The van der Waals surface area contributed by atoms with E-state index in [2.05, 4.69) is 4.98 Å². The number of halogens is 4. The highest BCUT2D eigenvalue weighted by Gasteiger charge is 2.20. The van der Waals surface area contributed by atoms with Crippen molar-refractivity contribution >= 4 is 11.6 Å². The third-order valence-corrected chi connectivity index (χ3v) is 2.65. The van der Waals surface area contributed by atoms with Crippen LogP contribution in [0.1, 0.15) is 17.2 Å². The van der Waals surface area contributed by atoms with E-state index in [4.69, 9.17) is 11.6 Å². The van der Waals surface area contributed by atoms with Gasteiger partial charge in [-0.15, -0.1) is 0 Å². The molecule has 1 aromatic heterocycles. The fraction of sp³-hybridized carbons (Fsp3) is 0.0833. The van der Waals surface area contributed by atoms with Crippen LogP contribution in [0.4, 0.5) is 13.2 Å². The van der Waals surface area contributed by atoms with Crippen LogP contribution in [0.25, 0.3) is 0 Å². The first-order valence-electron chi connectivity index (χ1n) is 4.93. The highest BCUT2D eigenvalue weighted by molar-refractivity contribution is 6.29. The smallest absolute Gasteiger partial charge is 0.194 e. The summed E-state index contributed by atoms with van der Waals surface area (Å²) in [5.41, 5.74) is -0.137. The Balaban J connectivity index is 2.43. The SMILES string of the molecule is OC(c1ccc(Cl)nc1)c1ccc(F)c(F)c1F. The molecule has 0 fully saturated rings. The van der Waals surface area contributed by atoms with Crippen molar-refractivity contribution in [2.45, 2.75) is 6.10 Å². The van der Waals surface area contributed by atoms with Gasteiger partial charge in [0, 0.05) is 17.3 Å². The van der Waals surface area contributed by atoms with Crippen molar-refractivity contribution in [2.75, 3.05) is 0 Å². The molecular formula is C12H7ClF3NO. The first kappa shape index (κ1) is 12.9. The van der Waals surface area contributed by atoms with Crippen LogP contribution < -0.4 is 0 Å². The second-order valence-electron chi connectivity index (χ2n) is 3.58. The molecule has 0 amide bonds. The quantitative estimate of drug-likeness (QED) is 0.673. The van der Waals surface area contributed by atoms with Crippen molar-refractivity contribution in [1.82, 2.24) is 4.98 Å². The van der Waals surface area contributed by atoms with Gasteiger partial charge in [-0.2, -0.15) is 0 Å². The zero-order valence-corrected chi connectivity index (χ0v) is 9.63. The molecule has 1 atom stereocenters. The van der Waals surface area contributed by atoms with Crippen molar-refractivity contribution in [1.29, 1.82) is 0 Å². The Labute approximate surface area is 106 Å². The van der Waals surface area contributed by atoms with Gasteiger partial charge in [-0.05, 0) is 12.1 Å². The van der Waals surface area contributed by atoms with Gasteiger partial charge in [0.2, 0.25) is 0 Å². The predicted molar refractivity (Wildman–Crippen MR) is 59.6 cm³/mol. The Morgan fingerprint density at radius 3 is 2.39 bits per heavy atom. The number of benzene rings is 1. The average Bonchev–Trinajstić information content (AvgIpc) is 2.36. The van der Waals surface area contributed by atoms with Gasteiger partial charge < -0.3 is 5.11 Å². The maximum atomic E-state index is 13.5. The maximum absolute atomic E-state index is 13.5. The molecule has 6 heteroatoms. The minimum atomic E-state index is -1.62. The standard InChI is InChI=1S/C12H7ClF3NO/c13-9-4-1-6(5-17-9)12(18)7-2-3-8(14)11(16)10(7)15/h1-5,12,18H. The van der Waals surface area contributed by atoms with Gasteiger partial charge in [-0.25, -0.2) is 18.2 Å². The Bertz CT molecular complexity index is 574. The van der Waals surface area contributed by atoms with Gasteiger partial charge >= 0.3 is 0 Å². The van der Waals surface area contributed by atoms with Gasteiger partial charge in [0.15, 0.2) is 17.5 Å². The average molecular weight is 274 g/mol. The third kappa shape index (κ3) is 2.32. The van der Waals surface area contributed by atoms with E-state index in [0.717, 1.165) is 12.1 Å². The molecule has 1 aromatic carbocycles. The number of pyridine rings is 1. The summed E-state index contributed by atoms with van der Waals surface area (Å²) < 4.78 is 39.2. The molecule has 2 aromatic rings. The van der Waals surface area contributed by atoms with Crippen LogP contribution in [-0.2, 0) is 0 Å². The lowest BCUT2D eigenvalue weighted by molar-refractivity contribution is 0.212. The van der Waals surface area contributed by atoms with Gasteiger partial charge in [-0.1, -0.05) is 23.7 Å². The maximum Gasteiger partial charge on any atom is 0.194 e. The van der Waals surface area contributed by atoms with Crippen LogP contribution in [0.5, 0.6) is 0 Å². The molecule has 2 nitrogen and oxygen atoms in total. The van der Waals surface area contributed by atoms with Gasteiger partial charge in [0.05, 0.1) is 0 Å². The summed E-state index contributed by atoms with van der Waals surface area (Å²) >= 11 is 5.56. The summed E-state index contributed by atoms with van der Waals surface area (Å²) in [7, 11) is 0. The number of rotatable bonds is 2. The topological polar surface area (TPSA) is 33.1 Å². The fourth-order valence-corrected chi connectivity index (χ4v) is 1.59. The Hall–Kier alpha value is -1.59. The number of nitrogens with zero attached hydrogens (tertiary/aromatic N) is 1. The fourth-order valence-electron chi connectivity index (χ4n) is 1.48. The molecule has 0 bridgehead atoms. The van der Waals surface area contributed by atoms with Crippen molar-refractivity contribution in [3.63, 3.8) is 0 Å². The van der Waals surface area contributed by atoms with Crippen molar-refractivity contribution in [2.24, 2.45) is 0 Å². The molecule has 0 aliphatic heterocycles. The minimum Gasteiger partial charge on any atom is -0.383 e. The van der Waals surface area contributed by atoms with Crippen molar-refractivity contribution in [3.8, 4) is 0 Å². The van der Waals surface area contributed by atoms with E-state index in [9.17, 15) is 18.3 Å². The molecule has 1 N–H and O–H groups in total. The monoisotopic (exact) mass is 273 g/mol. The largest absolute Gasteiger partial charge is 0.383 e. The normalized spacial score (nSPS) is 12.5. The molecule has 0 radical (unpaired) electrons. The summed E-state index contributed by atoms with van der Waals surface area (Å²) in [5.74, 6) is -4.34. The van der Waals surface area contributed by atoms with Crippen LogP contribution >= 0.6 is 11.6 Å². The highest BCUT2D eigenvalue weighted by Crippen LogP contribution is 2.26. The highest BCUT2D eigenvalue weighted by atomic mass is 35.5. The molecule has 0 spiro atoms. The van der Waals surface area contributed by atoms with Gasteiger partial charge in [0.1, 0.15) is 11.3 Å². The van der Waals surface area contributed by atoms with E-state index < -0.39 is 23.6 Å². The van der Waals surface area contributed by atoms with Crippen LogP contribution in [0.3, 0.4) is 0 Å². The van der Waals surface area contributed by atoms with E-state index >= 15 is 0 Å². The molecule has 94 valence electrons. The first-order valence-corrected chi connectivity index (χ1v) is 5.31. The van der Waals surface area contributed by atoms with Crippen molar-refractivity contribution < 1.29 is 18.3 Å². The molecule has 1 heterocycles. The van der Waals surface area contributed by atoms with Crippen LogP contribution in [0, 0.1) is 17.5 Å². The van der Waals surface area contributed by atoms with Crippen LogP contribution in [0.15, 0.2) is 30.5 Å². The number of aliphatic hydroxyl groups is 1. The summed E-state index contributed by atoms with van der Waals surface area (Å²) in [4.78, 5) is 3.71. The van der Waals surface area contributed by atoms with E-state index in [1.807, 2.05) is 0 Å². The van der Waals surface area contributed by atoms with E-state index in [1.165, 1.54) is 18.3 Å². The molecule has 2 rings (SSSR count). The van der Waals surface area contributed by atoms with E-state index in [1.54, 1.807) is 0 Å². The van der Waals surface area contributed by atoms with Crippen molar-refractivity contribution in [3.05, 3.63) is 64.2 Å².